The summed E-state index contributed by atoms with van der Waals surface area (Å²) in [6, 6.07) is 11.9. The molecule has 4 rings (SSSR count). The summed E-state index contributed by atoms with van der Waals surface area (Å²) in [5.41, 5.74) is 2.91. The summed E-state index contributed by atoms with van der Waals surface area (Å²) >= 11 is 0. The van der Waals surface area contributed by atoms with Gasteiger partial charge in [0.15, 0.2) is 0 Å². The summed E-state index contributed by atoms with van der Waals surface area (Å²) in [4.78, 5) is 21.6. The molecule has 154 valence electrons. The Bertz CT molecular complexity index is 772. The minimum Gasteiger partial charge on any atom is -0.379 e. The number of aromatic nitrogens is 1. The van der Waals surface area contributed by atoms with E-state index in [2.05, 4.69) is 26.2 Å². The lowest BCUT2D eigenvalue weighted by atomic mass is 10.1. The number of anilines is 1. The standard InChI is InChI=1S/C22H28N4O3/c27-22(18-3-5-20(6-4-18)25-8-12-28-13-9-25)24-17-21(19-2-1-7-23-16-19)26-10-14-29-15-11-26/h1-7,16,21H,8-15,17H2,(H,24,27). The third kappa shape index (κ3) is 5.12. The molecule has 1 unspecified atom stereocenters. The molecule has 2 fully saturated rings. The van der Waals surface area contributed by atoms with Crippen molar-refractivity contribution < 1.29 is 14.3 Å². The molecule has 2 aliphatic heterocycles. The van der Waals surface area contributed by atoms with Gasteiger partial charge in [-0.05, 0) is 35.9 Å². The summed E-state index contributed by atoms with van der Waals surface area (Å²) < 4.78 is 10.9. The van der Waals surface area contributed by atoms with E-state index in [0.29, 0.717) is 25.3 Å². The van der Waals surface area contributed by atoms with Crippen LogP contribution in [0.15, 0.2) is 48.8 Å². The molecule has 0 spiro atoms. The number of pyridine rings is 1. The van der Waals surface area contributed by atoms with Crippen molar-refractivity contribution in [3.63, 3.8) is 0 Å². The van der Waals surface area contributed by atoms with Crippen molar-refractivity contribution in [3.05, 3.63) is 59.9 Å². The quantitative estimate of drug-likeness (QED) is 0.802. The largest absolute Gasteiger partial charge is 0.379 e. The molecule has 2 aliphatic rings. The molecule has 1 aromatic heterocycles. The number of nitrogens with zero attached hydrogens (tertiary/aromatic N) is 3. The highest BCUT2D eigenvalue weighted by atomic mass is 16.5. The number of morpholine rings is 2. The molecule has 1 aromatic carbocycles. The van der Waals surface area contributed by atoms with Crippen LogP contribution in [-0.2, 0) is 9.47 Å². The average molecular weight is 396 g/mol. The lowest BCUT2D eigenvalue weighted by molar-refractivity contribution is 0.0161. The second-order valence-corrected chi connectivity index (χ2v) is 7.31. The van der Waals surface area contributed by atoms with E-state index in [9.17, 15) is 4.79 Å². The van der Waals surface area contributed by atoms with E-state index in [1.807, 2.05) is 36.5 Å². The molecule has 1 amide bonds. The number of amides is 1. The molecule has 2 saturated heterocycles. The van der Waals surface area contributed by atoms with Gasteiger partial charge in [-0.2, -0.15) is 0 Å². The second-order valence-electron chi connectivity index (χ2n) is 7.31. The number of hydrogen-bond donors (Lipinski definition) is 1. The van der Waals surface area contributed by atoms with Crippen molar-refractivity contribution in [1.29, 1.82) is 0 Å². The van der Waals surface area contributed by atoms with Gasteiger partial charge in [-0.25, -0.2) is 0 Å². The van der Waals surface area contributed by atoms with Crippen LogP contribution < -0.4 is 10.2 Å². The van der Waals surface area contributed by atoms with Gasteiger partial charge in [-0.15, -0.1) is 0 Å². The van der Waals surface area contributed by atoms with E-state index in [0.717, 1.165) is 50.6 Å². The Morgan fingerprint density at radius 3 is 2.34 bits per heavy atom. The Morgan fingerprint density at radius 2 is 1.69 bits per heavy atom. The van der Waals surface area contributed by atoms with Crippen LogP contribution in [0.1, 0.15) is 22.0 Å². The van der Waals surface area contributed by atoms with Gasteiger partial charge in [0.1, 0.15) is 0 Å². The molecule has 3 heterocycles. The summed E-state index contributed by atoms with van der Waals surface area (Å²) in [6.45, 7) is 6.94. The molecule has 0 saturated carbocycles. The molecule has 29 heavy (non-hydrogen) atoms. The molecule has 1 N–H and O–H groups in total. The Balaban J connectivity index is 1.39. The maximum Gasteiger partial charge on any atom is 0.251 e. The van der Waals surface area contributed by atoms with Crippen LogP contribution in [0.4, 0.5) is 5.69 Å². The number of hydrogen-bond acceptors (Lipinski definition) is 6. The molecule has 7 nitrogen and oxygen atoms in total. The van der Waals surface area contributed by atoms with Crippen molar-refractivity contribution in [1.82, 2.24) is 15.2 Å². The lowest BCUT2D eigenvalue weighted by Gasteiger charge is -2.34. The summed E-state index contributed by atoms with van der Waals surface area (Å²) in [7, 11) is 0. The van der Waals surface area contributed by atoms with Crippen molar-refractivity contribution in [2.24, 2.45) is 0 Å². The highest BCUT2D eigenvalue weighted by molar-refractivity contribution is 5.94. The first-order valence-electron chi connectivity index (χ1n) is 10.2. The van der Waals surface area contributed by atoms with Gasteiger partial charge in [0, 0.05) is 56.4 Å². The number of carbonyl (C=O) groups excluding carboxylic acids is 1. The molecule has 1 atom stereocenters. The zero-order valence-electron chi connectivity index (χ0n) is 16.6. The fraction of sp³-hybridized carbons (Fsp3) is 0.455. The Labute approximate surface area is 171 Å². The van der Waals surface area contributed by atoms with Gasteiger partial charge in [-0.3, -0.25) is 14.7 Å². The van der Waals surface area contributed by atoms with Crippen molar-refractivity contribution >= 4 is 11.6 Å². The zero-order valence-corrected chi connectivity index (χ0v) is 16.6. The second kappa shape index (κ2) is 9.82. The molecule has 0 bridgehead atoms. The van der Waals surface area contributed by atoms with Gasteiger partial charge in [0.25, 0.3) is 5.91 Å². The van der Waals surface area contributed by atoms with Crippen LogP contribution in [0.5, 0.6) is 0 Å². The van der Waals surface area contributed by atoms with Crippen molar-refractivity contribution in [2.75, 3.05) is 64.1 Å². The van der Waals surface area contributed by atoms with E-state index in [1.54, 1.807) is 6.20 Å². The summed E-state index contributed by atoms with van der Waals surface area (Å²) in [6.07, 6.45) is 3.65. The topological polar surface area (TPSA) is 66.9 Å². The number of rotatable bonds is 6. The Kier molecular flexibility index (Phi) is 6.71. The SMILES string of the molecule is O=C(NCC(c1cccnc1)N1CCOCC1)c1ccc(N2CCOCC2)cc1. The predicted octanol–water partition coefficient (Wildman–Crippen LogP) is 1.72. The van der Waals surface area contributed by atoms with Gasteiger partial charge in [0.05, 0.1) is 32.5 Å². The highest BCUT2D eigenvalue weighted by Crippen LogP contribution is 2.21. The maximum absolute atomic E-state index is 12.7. The zero-order chi connectivity index (χ0) is 19.9. The van der Waals surface area contributed by atoms with Crippen LogP contribution in [0.2, 0.25) is 0 Å². The highest BCUT2D eigenvalue weighted by Gasteiger charge is 2.23. The predicted molar refractivity (Wildman–Crippen MR) is 111 cm³/mol. The van der Waals surface area contributed by atoms with E-state index < -0.39 is 0 Å². The van der Waals surface area contributed by atoms with Crippen LogP contribution in [0.3, 0.4) is 0 Å². The lowest BCUT2D eigenvalue weighted by Crippen LogP contribution is -2.43. The first-order chi connectivity index (χ1) is 14.3. The number of benzene rings is 1. The van der Waals surface area contributed by atoms with Crippen molar-refractivity contribution in [2.45, 2.75) is 6.04 Å². The number of ether oxygens (including phenoxy) is 2. The summed E-state index contributed by atoms with van der Waals surface area (Å²) in [5.74, 6) is -0.0549. The normalized spacial score (nSPS) is 19.0. The van der Waals surface area contributed by atoms with Crippen molar-refractivity contribution in [3.8, 4) is 0 Å². The van der Waals surface area contributed by atoms with Crippen LogP contribution in [0.25, 0.3) is 0 Å². The van der Waals surface area contributed by atoms with E-state index in [1.165, 1.54) is 0 Å². The fourth-order valence-corrected chi connectivity index (χ4v) is 3.86. The molecule has 0 radical (unpaired) electrons. The molecular formula is C22H28N4O3. The fourth-order valence-electron chi connectivity index (χ4n) is 3.86. The minimum atomic E-state index is -0.0549. The maximum atomic E-state index is 12.7. The van der Waals surface area contributed by atoms with E-state index in [4.69, 9.17) is 9.47 Å². The van der Waals surface area contributed by atoms with E-state index in [-0.39, 0.29) is 11.9 Å². The molecule has 7 heteroatoms. The summed E-state index contributed by atoms with van der Waals surface area (Å²) in [5, 5.41) is 3.11. The van der Waals surface area contributed by atoms with Crippen LogP contribution in [-0.4, -0.2) is 74.9 Å². The van der Waals surface area contributed by atoms with Gasteiger partial charge < -0.3 is 19.7 Å². The molecule has 0 aliphatic carbocycles. The Morgan fingerprint density at radius 1 is 1.00 bits per heavy atom. The third-order valence-electron chi connectivity index (χ3n) is 5.52. The van der Waals surface area contributed by atoms with Gasteiger partial charge in [0.2, 0.25) is 0 Å². The minimum absolute atomic E-state index is 0.0549. The first-order valence-corrected chi connectivity index (χ1v) is 10.2. The Hall–Kier alpha value is -2.48. The van der Waals surface area contributed by atoms with Crippen LogP contribution >= 0.6 is 0 Å². The molecule has 2 aromatic rings. The smallest absolute Gasteiger partial charge is 0.251 e. The van der Waals surface area contributed by atoms with Gasteiger partial charge in [-0.1, -0.05) is 6.07 Å². The third-order valence-corrected chi connectivity index (χ3v) is 5.52. The first kappa shape index (κ1) is 19.8. The monoisotopic (exact) mass is 396 g/mol. The number of carbonyl (C=O) groups is 1. The van der Waals surface area contributed by atoms with E-state index >= 15 is 0 Å². The van der Waals surface area contributed by atoms with Crippen LogP contribution in [0, 0.1) is 0 Å². The van der Waals surface area contributed by atoms with Gasteiger partial charge >= 0.3 is 0 Å². The average Bonchev–Trinajstić information content (AvgIpc) is 2.81. The number of nitrogens with one attached hydrogen (secondary N) is 1. The molecular weight excluding hydrogens is 368 g/mol.